The minimum Gasteiger partial charge on any atom is -1.00 e. The minimum atomic E-state index is 0. The van der Waals surface area contributed by atoms with Gasteiger partial charge in [-0.25, -0.2) is 0 Å². The lowest BCUT2D eigenvalue weighted by molar-refractivity contribution is -0.00000418. The maximum Gasteiger partial charge on any atom is 0.0456 e. The van der Waals surface area contributed by atoms with Gasteiger partial charge in [0.2, 0.25) is 0 Å². The van der Waals surface area contributed by atoms with Gasteiger partial charge in [0.05, 0.1) is 0 Å². The van der Waals surface area contributed by atoms with Gasteiger partial charge < -0.3 is 22.7 Å². The number of para-hydroxylation sites is 1. The quantitative estimate of drug-likeness (QED) is 0.654. The first-order chi connectivity index (χ1) is 10.4. The van der Waals surface area contributed by atoms with Crippen LogP contribution in [0.3, 0.4) is 0 Å². The molecular weight excluding hydrogens is 292 g/mol. The van der Waals surface area contributed by atoms with Gasteiger partial charge in [0.25, 0.3) is 0 Å². The number of aromatic amines is 1. The Morgan fingerprint density at radius 2 is 1.73 bits per heavy atom. The van der Waals surface area contributed by atoms with E-state index in [1.165, 1.54) is 22.0 Å². The van der Waals surface area contributed by atoms with Gasteiger partial charge in [-0.1, -0.05) is 60.7 Å². The van der Waals surface area contributed by atoms with Gasteiger partial charge in [0.1, 0.15) is 0 Å². The molecule has 2 aromatic carbocycles. The highest BCUT2D eigenvalue weighted by molar-refractivity contribution is 5.83. The van der Waals surface area contributed by atoms with Crippen LogP contribution in [0.1, 0.15) is 11.1 Å². The van der Waals surface area contributed by atoms with Crippen molar-refractivity contribution in [1.82, 2.24) is 10.3 Å². The summed E-state index contributed by atoms with van der Waals surface area (Å²) in [5.74, 6) is 0. The standard InChI is InChI=1S/C19H20N2.ClH/c1-2-7-16(8-3-1)9-6-13-20-14-12-17-15-21-19-11-5-4-10-18(17)19;/h1-11,15,20-21H,12-14H2;1H/p-1/b9-6+;. The number of halogens is 1. The number of hydrogen-bond donors (Lipinski definition) is 2. The van der Waals surface area contributed by atoms with E-state index in [1.54, 1.807) is 0 Å². The number of nitrogens with one attached hydrogen (secondary N) is 2. The van der Waals surface area contributed by atoms with Gasteiger partial charge in [0, 0.05) is 23.6 Å². The average molecular weight is 312 g/mol. The second kappa shape index (κ2) is 8.42. The van der Waals surface area contributed by atoms with Crippen molar-refractivity contribution in [2.45, 2.75) is 6.42 Å². The van der Waals surface area contributed by atoms with Crippen LogP contribution in [0.2, 0.25) is 0 Å². The normalized spacial score (nSPS) is 10.9. The molecule has 0 atom stereocenters. The Kier molecular flexibility index (Phi) is 6.26. The van der Waals surface area contributed by atoms with Crippen molar-refractivity contribution in [3.05, 3.63) is 78.0 Å². The number of hydrogen-bond acceptors (Lipinski definition) is 1. The van der Waals surface area contributed by atoms with Crippen LogP contribution >= 0.6 is 0 Å². The van der Waals surface area contributed by atoms with Crippen molar-refractivity contribution < 1.29 is 12.4 Å². The van der Waals surface area contributed by atoms with E-state index in [-0.39, 0.29) is 12.4 Å². The molecule has 0 radical (unpaired) electrons. The average Bonchev–Trinajstić information content (AvgIpc) is 2.95. The SMILES string of the molecule is C(=C\c1ccccc1)/CNCCc1c[nH]c2ccccc12.[Cl-]. The summed E-state index contributed by atoms with van der Waals surface area (Å²) in [6, 6.07) is 18.8. The largest absolute Gasteiger partial charge is 1.00 e. The molecule has 0 aliphatic rings. The topological polar surface area (TPSA) is 27.8 Å². The lowest BCUT2D eigenvalue weighted by Crippen LogP contribution is -3.00. The highest BCUT2D eigenvalue weighted by Gasteiger charge is 2.01. The van der Waals surface area contributed by atoms with Gasteiger partial charge in [-0.2, -0.15) is 0 Å². The molecule has 0 aliphatic heterocycles. The fourth-order valence-electron chi connectivity index (χ4n) is 2.51. The third kappa shape index (κ3) is 4.23. The summed E-state index contributed by atoms with van der Waals surface area (Å²) in [5, 5.41) is 4.79. The summed E-state index contributed by atoms with van der Waals surface area (Å²) >= 11 is 0. The van der Waals surface area contributed by atoms with E-state index in [1.807, 2.05) is 6.07 Å². The lowest BCUT2D eigenvalue weighted by Gasteiger charge is -2.01. The van der Waals surface area contributed by atoms with Crippen molar-refractivity contribution in [3.8, 4) is 0 Å². The molecule has 2 N–H and O–H groups in total. The molecule has 22 heavy (non-hydrogen) atoms. The van der Waals surface area contributed by atoms with Crippen LogP contribution in [-0.4, -0.2) is 18.1 Å². The minimum absolute atomic E-state index is 0. The van der Waals surface area contributed by atoms with Crippen molar-refractivity contribution >= 4 is 17.0 Å². The second-order valence-corrected chi connectivity index (χ2v) is 5.13. The zero-order valence-corrected chi connectivity index (χ0v) is 13.2. The number of aromatic nitrogens is 1. The number of H-pyrrole nitrogens is 1. The van der Waals surface area contributed by atoms with Crippen molar-refractivity contribution in [1.29, 1.82) is 0 Å². The molecule has 0 saturated carbocycles. The molecule has 114 valence electrons. The van der Waals surface area contributed by atoms with E-state index >= 15 is 0 Å². The first-order valence-electron chi connectivity index (χ1n) is 7.41. The van der Waals surface area contributed by atoms with Crippen molar-refractivity contribution in [3.63, 3.8) is 0 Å². The fourth-order valence-corrected chi connectivity index (χ4v) is 2.51. The van der Waals surface area contributed by atoms with Crippen LogP contribution in [0.25, 0.3) is 17.0 Å². The Labute approximate surface area is 137 Å². The monoisotopic (exact) mass is 311 g/mol. The lowest BCUT2D eigenvalue weighted by atomic mass is 10.1. The molecule has 0 unspecified atom stereocenters. The zero-order chi connectivity index (χ0) is 14.3. The molecule has 0 spiro atoms. The smallest absolute Gasteiger partial charge is 0.0456 e. The van der Waals surface area contributed by atoms with Crippen LogP contribution in [0.4, 0.5) is 0 Å². The Bertz CT molecular complexity index is 716. The van der Waals surface area contributed by atoms with Crippen LogP contribution < -0.4 is 17.7 Å². The van der Waals surface area contributed by atoms with E-state index in [9.17, 15) is 0 Å². The van der Waals surface area contributed by atoms with Gasteiger partial charge >= 0.3 is 0 Å². The Morgan fingerprint density at radius 3 is 2.59 bits per heavy atom. The fraction of sp³-hybridized carbons (Fsp3) is 0.158. The van der Waals surface area contributed by atoms with E-state index in [0.29, 0.717) is 0 Å². The third-order valence-corrected chi connectivity index (χ3v) is 3.62. The predicted octanol–water partition coefficient (Wildman–Crippen LogP) is 1.02. The van der Waals surface area contributed by atoms with Gasteiger partial charge in [-0.05, 0) is 30.2 Å². The van der Waals surface area contributed by atoms with Crippen LogP contribution in [0.15, 0.2) is 66.9 Å². The molecule has 2 nitrogen and oxygen atoms in total. The van der Waals surface area contributed by atoms with Gasteiger partial charge in [0.15, 0.2) is 0 Å². The maximum absolute atomic E-state index is 3.46. The predicted molar refractivity (Wildman–Crippen MR) is 90.3 cm³/mol. The summed E-state index contributed by atoms with van der Waals surface area (Å²) < 4.78 is 0. The van der Waals surface area contributed by atoms with E-state index < -0.39 is 0 Å². The number of fused-ring (bicyclic) bond motifs is 1. The molecule has 3 heteroatoms. The van der Waals surface area contributed by atoms with Gasteiger partial charge in [-0.3, -0.25) is 0 Å². The number of rotatable bonds is 6. The summed E-state index contributed by atoms with van der Waals surface area (Å²) in [6.07, 6.45) is 7.48. The molecular formula is C19H20ClN2-. The third-order valence-electron chi connectivity index (χ3n) is 3.62. The maximum atomic E-state index is 3.46. The molecule has 0 amide bonds. The molecule has 3 rings (SSSR count). The highest BCUT2D eigenvalue weighted by atomic mass is 35.5. The van der Waals surface area contributed by atoms with Crippen LogP contribution in [-0.2, 0) is 6.42 Å². The Morgan fingerprint density at radius 1 is 0.955 bits per heavy atom. The Hall–Kier alpha value is -2.03. The Balaban J connectivity index is 0.00000176. The molecule has 0 saturated heterocycles. The molecule has 0 aliphatic carbocycles. The number of benzene rings is 2. The molecule has 1 aromatic heterocycles. The summed E-state index contributed by atoms with van der Waals surface area (Å²) in [5.41, 5.74) is 3.84. The molecule has 0 fully saturated rings. The first kappa shape index (κ1) is 16.3. The highest BCUT2D eigenvalue weighted by Crippen LogP contribution is 2.17. The van der Waals surface area contributed by atoms with Crippen molar-refractivity contribution in [2.24, 2.45) is 0 Å². The molecule has 3 aromatic rings. The molecule has 0 bridgehead atoms. The zero-order valence-electron chi connectivity index (χ0n) is 12.4. The first-order valence-corrected chi connectivity index (χ1v) is 7.41. The summed E-state index contributed by atoms with van der Waals surface area (Å²) in [7, 11) is 0. The van der Waals surface area contributed by atoms with Crippen LogP contribution in [0.5, 0.6) is 0 Å². The van der Waals surface area contributed by atoms with E-state index in [4.69, 9.17) is 0 Å². The van der Waals surface area contributed by atoms with E-state index in [0.717, 1.165) is 19.5 Å². The van der Waals surface area contributed by atoms with Crippen LogP contribution in [0, 0.1) is 0 Å². The van der Waals surface area contributed by atoms with E-state index in [2.05, 4.69) is 77.2 Å². The second-order valence-electron chi connectivity index (χ2n) is 5.13. The summed E-state index contributed by atoms with van der Waals surface area (Å²) in [4.78, 5) is 3.32. The van der Waals surface area contributed by atoms with Gasteiger partial charge in [-0.15, -0.1) is 0 Å². The molecule has 1 heterocycles. The van der Waals surface area contributed by atoms with Crippen molar-refractivity contribution in [2.75, 3.05) is 13.1 Å². The summed E-state index contributed by atoms with van der Waals surface area (Å²) in [6.45, 7) is 1.89.